The third kappa shape index (κ3) is 1.33. The number of rotatable bonds is 0. The number of benzene rings is 3. The van der Waals surface area contributed by atoms with Crippen LogP contribution in [0.3, 0.4) is 0 Å². The van der Waals surface area contributed by atoms with E-state index < -0.39 is 0 Å². The molecule has 3 aromatic carbocycles. The fourth-order valence-electron chi connectivity index (χ4n) is 2.66. The number of anilines is 2. The van der Waals surface area contributed by atoms with Crippen molar-refractivity contribution < 1.29 is 0 Å². The third-order valence-corrected chi connectivity index (χ3v) is 3.94. The molecule has 18 heavy (non-hydrogen) atoms. The molecule has 0 spiro atoms. The predicted molar refractivity (Wildman–Crippen MR) is 80.4 cm³/mol. The fraction of sp³-hybridized carbons (Fsp3) is 0. The van der Waals surface area contributed by atoms with Gasteiger partial charge in [0.25, 0.3) is 0 Å². The Kier molecular flexibility index (Phi) is 2.03. The van der Waals surface area contributed by atoms with Crippen molar-refractivity contribution >= 4 is 38.1 Å². The summed E-state index contributed by atoms with van der Waals surface area (Å²) in [7, 11) is 0. The topological polar surface area (TPSA) is 12.0 Å². The molecular formula is C16H10BrN. The Balaban J connectivity index is 2.18. The molecule has 1 N–H and O–H groups in total. The van der Waals surface area contributed by atoms with Gasteiger partial charge in [0.2, 0.25) is 0 Å². The van der Waals surface area contributed by atoms with Gasteiger partial charge in [-0.05, 0) is 35.2 Å². The van der Waals surface area contributed by atoms with E-state index in [9.17, 15) is 0 Å². The smallest absolute Gasteiger partial charge is 0.0470 e. The van der Waals surface area contributed by atoms with E-state index in [-0.39, 0.29) is 0 Å². The molecule has 0 aromatic heterocycles. The Morgan fingerprint density at radius 2 is 1.61 bits per heavy atom. The van der Waals surface area contributed by atoms with Crippen molar-refractivity contribution in [1.29, 1.82) is 0 Å². The van der Waals surface area contributed by atoms with Gasteiger partial charge in [-0.2, -0.15) is 0 Å². The van der Waals surface area contributed by atoms with Crippen molar-refractivity contribution in [1.82, 2.24) is 0 Å². The molecule has 1 heterocycles. The molecular weight excluding hydrogens is 286 g/mol. The van der Waals surface area contributed by atoms with Gasteiger partial charge in [-0.15, -0.1) is 0 Å². The van der Waals surface area contributed by atoms with Crippen molar-refractivity contribution in [3.05, 3.63) is 59.1 Å². The second-order valence-electron chi connectivity index (χ2n) is 4.52. The Morgan fingerprint density at radius 3 is 2.50 bits per heavy atom. The van der Waals surface area contributed by atoms with Gasteiger partial charge in [0.1, 0.15) is 0 Å². The number of hydrogen-bond donors (Lipinski definition) is 1. The Labute approximate surface area is 114 Å². The van der Waals surface area contributed by atoms with Crippen LogP contribution in [0.25, 0.3) is 21.9 Å². The molecule has 0 bridgehead atoms. The summed E-state index contributed by atoms with van der Waals surface area (Å²) in [5.74, 6) is 0. The summed E-state index contributed by atoms with van der Waals surface area (Å²) in [6.45, 7) is 0. The normalized spacial score (nSPS) is 12.1. The first-order valence-electron chi connectivity index (χ1n) is 5.92. The molecule has 0 aliphatic carbocycles. The van der Waals surface area contributed by atoms with Crippen LogP contribution >= 0.6 is 15.9 Å². The molecule has 1 aliphatic heterocycles. The van der Waals surface area contributed by atoms with E-state index in [4.69, 9.17) is 0 Å². The zero-order valence-corrected chi connectivity index (χ0v) is 11.2. The highest BCUT2D eigenvalue weighted by molar-refractivity contribution is 9.10. The maximum absolute atomic E-state index is 3.55. The van der Waals surface area contributed by atoms with Crippen molar-refractivity contribution in [3.63, 3.8) is 0 Å². The average Bonchev–Trinajstić information content (AvgIpc) is 2.40. The van der Waals surface area contributed by atoms with Crippen LogP contribution in [0.1, 0.15) is 0 Å². The Morgan fingerprint density at radius 1 is 0.778 bits per heavy atom. The van der Waals surface area contributed by atoms with Crippen LogP contribution in [0.4, 0.5) is 11.4 Å². The van der Waals surface area contributed by atoms with Gasteiger partial charge < -0.3 is 5.32 Å². The summed E-state index contributed by atoms with van der Waals surface area (Å²) in [5.41, 5.74) is 4.93. The molecule has 0 fully saturated rings. The average molecular weight is 296 g/mol. The summed E-state index contributed by atoms with van der Waals surface area (Å²) in [4.78, 5) is 0. The summed E-state index contributed by atoms with van der Waals surface area (Å²) in [5, 5.41) is 6.10. The summed E-state index contributed by atoms with van der Waals surface area (Å²) in [6, 6.07) is 19.2. The minimum atomic E-state index is 1.11. The van der Waals surface area contributed by atoms with Gasteiger partial charge >= 0.3 is 0 Å². The Hall–Kier alpha value is -1.80. The minimum Gasteiger partial charge on any atom is -0.354 e. The molecule has 1 nitrogen and oxygen atoms in total. The van der Waals surface area contributed by atoms with E-state index in [0.717, 1.165) is 4.47 Å². The van der Waals surface area contributed by atoms with E-state index in [2.05, 4.69) is 75.8 Å². The molecule has 3 aromatic rings. The van der Waals surface area contributed by atoms with Crippen LogP contribution in [0, 0.1) is 0 Å². The lowest BCUT2D eigenvalue weighted by atomic mass is 9.93. The van der Waals surface area contributed by atoms with Crippen molar-refractivity contribution in [2.75, 3.05) is 5.32 Å². The second-order valence-corrected chi connectivity index (χ2v) is 5.44. The lowest BCUT2D eigenvalue weighted by Gasteiger charge is -2.22. The van der Waals surface area contributed by atoms with Crippen LogP contribution in [-0.4, -0.2) is 0 Å². The zero-order valence-electron chi connectivity index (χ0n) is 9.57. The quantitative estimate of drug-likeness (QED) is 0.462. The molecule has 0 amide bonds. The lowest BCUT2D eigenvalue weighted by molar-refractivity contribution is 1.52. The third-order valence-electron chi connectivity index (χ3n) is 3.45. The highest BCUT2D eigenvalue weighted by Crippen LogP contribution is 2.44. The van der Waals surface area contributed by atoms with Gasteiger partial charge in [-0.25, -0.2) is 0 Å². The first-order chi connectivity index (χ1) is 8.83. The maximum Gasteiger partial charge on any atom is 0.0470 e. The molecule has 2 heteroatoms. The monoisotopic (exact) mass is 295 g/mol. The number of hydrogen-bond acceptors (Lipinski definition) is 1. The van der Waals surface area contributed by atoms with E-state index in [1.165, 1.54) is 33.3 Å². The molecule has 0 atom stereocenters. The van der Waals surface area contributed by atoms with Gasteiger partial charge in [0, 0.05) is 26.8 Å². The van der Waals surface area contributed by atoms with Crippen molar-refractivity contribution in [2.45, 2.75) is 0 Å². The molecule has 0 saturated heterocycles. The standard InChI is InChI=1S/C16H10BrN/c17-11-7-8-14-13(9-11)12-5-1-3-10-4-2-6-15(18-14)16(10)12/h1-9,18H. The molecule has 86 valence electrons. The first-order valence-corrected chi connectivity index (χ1v) is 6.71. The molecule has 1 aliphatic rings. The first kappa shape index (κ1) is 10.2. The van der Waals surface area contributed by atoms with E-state index in [0.29, 0.717) is 0 Å². The number of fused-ring (bicyclic) bond motifs is 2. The molecule has 4 rings (SSSR count). The number of nitrogens with one attached hydrogen (secondary N) is 1. The van der Waals surface area contributed by atoms with Crippen LogP contribution in [-0.2, 0) is 0 Å². The van der Waals surface area contributed by atoms with Crippen molar-refractivity contribution in [2.24, 2.45) is 0 Å². The van der Waals surface area contributed by atoms with Crippen LogP contribution in [0.15, 0.2) is 59.1 Å². The maximum atomic E-state index is 3.55. The lowest BCUT2D eigenvalue weighted by Crippen LogP contribution is -2.00. The van der Waals surface area contributed by atoms with E-state index >= 15 is 0 Å². The van der Waals surface area contributed by atoms with Gasteiger partial charge in [-0.1, -0.05) is 46.3 Å². The molecule has 0 unspecified atom stereocenters. The predicted octanol–water partition coefficient (Wildman–Crippen LogP) is 5.33. The summed E-state index contributed by atoms with van der Waals surface area (Å²) in [6.07, 6.45) is 0. The van der Waals surface area contributed by atoms with E-state index in [1.54, 1.807) is 0 Å². The number of halogens is 1. The van der Waals surface area contributed by atoms with Crippen LogP contribution in [0.2, 0.25) is 0 Å². The minimum absolute atomic E-state index is 1.11. The van der Waals surface area contributed by atoms with Gasteiger partial charge in [0.05, 0.1) is 0 Å². The summed E-state index contributed by atoms with van der Waals surface area (Å²) >= 11 is 3.55. The summed E-state index contributed by atoms with van der Waals surface area (Å²) < 4.78 is 1.11. The largest absolute Gasteiger partial charge is 0.354 e. The second kappa shape index (κ2) is 3.59. The van der Waals surface area contributed by atoms with Gasteiger partial charge in [-0.3, -0.25) is 0 Å². The van der Waals surface area contributed by atoms with Crippen molar-refractivity contribution in [3.8, 4) is 11.1 Å². The highest BCUT2D eigenvalue weighted by atomic mass is 79.9. The van der Waals surface area contributed by atoms with Gasteiger partial charge in [0.15, 0.2) is 0 Å². The SMILES string of the molecule is Brc1ccc2c(c1)-c1cccc3cccc(c13)N2. The van der Waals surface area contributed by atoms with Crippen LogP contribution in [0.5, 0.6) is 0 Å². The zero-order chi connectivity index (χ0) is 12.1. The molecule has 0 saturated carbocycles. The Bertz CT molecular complexity index is 772. The van der Waals surface area contributed by atoms with E-state index in [1.807, 2.05) is 0 Å². The van der Waals surface area contributed by atoms with Crippen LogP contribution < -0.4 is 5.32 Å². The highest BCUT2D eigenvalue weighted by Gasteiger charge is 2.17. The fourth-order valence-corrected chi connectivity index (χ4v) is 3.02. The molecule has 0 radical (unpaired) electrons.